The second-order valence-corrected chi connectivity index (χ2v) is 10.9. The zero-order valence-corrected chi connectivity index (χ0v) is 19.9. The summed E-state index contributed by atoms with van der Waals surface area (Å²) >= 11 is 0. The van der Waals surface area contributed by atoms with Crippen LogP contribution in [0.2, 0.25) is 0 Å². The lowest BCUT2D eigenvalue weighted by atomic mass is 9.55. The Kier molecular flexibility index (Phi) is 7.30. The van der Waals surface area contributed by atoms with Gasteiger partial charge in [-0.3, -0.25) is 9.59 Å². The number of hydrogen-bond acceptors (Lipinski definition) is 3. The fourth-order valence-electron chi connectivity index (χ4n) is 6.18. The van der Waals surface area contributed by atoms with Crippen molar-refractivity contribution in [3.63, 3.8) is 0 Å². The number of carbonyl (C=O) groups is 2. The van der Waals surface area contributed by atoms with Crippen LogP contribution in [0.1, 0.15) is 105 Å². The van der Waals surface area contributed by atoms with Crippen LogP contribution in [0.15, 0.2) is 22.8 Å². The van der Waals surface area contributed by atoms with E-state index in [1.54, 1.807) is 5.57 Å². The van der Waals surface area contributed by atoms with Gasteiger partial charge in [0.05, 0.1) is 6.61 Å². The molecule has 0 heterocycles. The molecule has 3 aliphatic carbocycles. The van der Waals surface area contributed by atoms with Gasteiger partial charge in [-0.2, -0.15) is 0 Å². The van der Waals surface area contributed by atoms with E-state index in [0.29, 0.717) is 30.6 Å². The van der Waals surface area contributed by atoms with E-state index >= 15 is 0 Å². The van der Waals surface area contributed by atoms with Crippen molar-refractivity contribution in [2.75, 3.05) is 6.61 Å². The first-order valence-corrected chi connectivity index (χ1v) is 12.3. The van der Waals surface area contributed by atoms with Crippen molar-refractivity contribution >= 4 is 11.8 Å². The van der Waals surface area contributed by atoms with E-state index in [-0.39, 0.29) is 16.8 Å². The van der Waals surface area contributed by atoms with E-state index in [9.17, 15) is 9.59 Å². The van der Waals surface area contributed by atoms with Gasteiger partial charge in [0.15, 0.2) is 5.78 Å². The highest BCUT2D eigenvalue weighted by Gasteiger charge is 2.47. The number of esters is 1. The molecule has 0 unspecified atom stereocenters. The average Bonchev–Trinajstić information content (AvgIpc) is 2.70. The molecule has 168 valence electrons. The molecule has 0 aromatic heterocycles. The third-order valence-corrected chi connectivity index (χ3v) is 8.12. The van der Waals surface area contributed by atoms with Crippen LogP contribution in [0, 0.1) is 22.7 Å². The molecule has 0 spiro atoms. The molecule has 0 saturated heterocycles. The Morgan fingerprint density at radius 2 is 1.90 bits per heavy atom. The minimum absolute atomic E-state index is 0.0206. The second kappa shape index (κ2) is 9.40. The van der Waals surface area contributed by atoms with Crippen molar-refractivity contribution in [1.29, 1.82) is 0 Å². The number of ether oxygens (including phenoxy) is 1. The number of unbranched alkanes of at least 4 members (excludes halogenated alkanes) is 3. The molecule has 1 saturated carbocycles. The summed E-state index contributed by atoms with van der Waals surface area (Å²) in [5.74, 6) is 1.39. The molecule has 0 bridgehead atoms. The molecule has 0 radical (unpaired) electrons. The van der Waals surface area contributed by atoms with Gasteiger partial charge < -0.3 is 4.74 Å². The van der Waals surface area contributed by atoms with Crippen LogP contribution in [0.3, 0.4) is 0 Å². The Labute approximate surface area is 183 Å². The molecule has 0 aliphatic heterocycles. The Morgan fingerprint density at radius 3 is 2.60 bits per heavy atom. The predicted octanol–water partition coefficient (Wildman–Crippen LogP) is 6.96. The lowest BCUT2D eigenvalue weighted by Gasteiger charge is -2.50. The summed E-state index contributed by atoms with van der Waals surface area (Å²) in [6.07, 6.45) is 13.3. The van der Waals surface area contributed by atoms with Crippen molar-refractivity contribution in [2.24, 2.45) is 22.7 Å². The predicted molar refractivity (Wildman–Crippen MR) is 122 cm³/mol. The standard InChI is InChI=1S/C27H42O3/c1-6-8-9-10-11-25(29)30-18-27(5)15-14-20-21(23(27)7-2)13-12-19-16-24(28)26(3,4)17-22(19)20/h16,21,23H,6-15,17-18H2,1-5H3/t21-,23+,27-/m1/s1. The molecule has 0 N–H and O–H groups in total. The normalized spacial score (nSPS) is 30.4. The van der Waals surface area contributed by atoms with Crippen LogP contribution in [-0.4, -0.2) is 18.4 Å². The number of rotatable bonds is 8. The Balaban J connectivity index is 1.71. The molecule has 30 heavy (non-hydrogen) atoms. The first-order valence-electron chi connectivity index (χ1n) is 12.3. The van der Waals surface area contributed by atoms with Crippen LogP contribution < -0.4 is 0 Å². The smallest absolute Gasteiger partial charge is 0.305 e. The summed E-state index contributed by atoms with van der Waals surface area (Å²) in [6.45, 7) is 11.6. The number of carbonyl (C=O) groups excluding carboxylic acids is 2. The highest BCUT2D eigenvalue weighted by molar-refractivity contribution is 5.97. The summed E-state index contributed by atoms with van der Waals surface area (Å²) in [4.78, 5) is 24.8. The van der Waals surface area contributed by atoms with Gasteiger partial charge in [0, 0.05) is 17.3 Å². The summed E-state index contributed by atoms with van der Waals surface area (Å²) in [5, 5.41) is 0. The van der Waals surface area contributed by atoms with Gasteiger partial charge >= 0.3 is 5.97 Å². The van der Waals surface area contributed by atoms with Crippen LogP contribution in [0.25, 0.3) is 0 Å². The number of ketones is 1. The van der Waals surface area contributed by atoms with Crippen molar-refractivity contribution in [1.82, 2.24) is 0 Å². The molecule has 3 rings (SSSR count). The molecule has 3 atom stereocenters. The largest absolute Gasteiger partial charge is 0.465 e. The quantitative estimate of drug-likeness (QED) is 0.318. The highest BCUT2D eigenvalue weighted by Crippen LogP contribution is 2.56. The monoisotopic (exact) mass is 414 g/mol. The fourth-order valence-corrected chi connectivity index (χ4v) is 6.18. The Bertz CT molecular complexity index is 726. The van der Waals surface area contributed by atoms with E-state index in [4.69, 9.17) is 4.74 Å². The van der Waals surface area contributed by atoms with Crippen molar-refractivity contribution in [3.8, 4) is 0 Å². The fraction of sp³-hybridized carbons (Fsp3) is 0.778. The molecule has 0 aromatic carbocycles. The summed E-state index contributed by atoms with van der Waals surface area (Å²) in [5.41, 5.74) is 4.20. The maximum absolute atomic E-state index is 12.5. The minimum Gasteiger partial charge on any atom is -0.465 e. The first-order chi connectivity index (χ1) is 14.2. The van der Waals surface area contributed by atoms with Crippen molar-refractivity contribution in [2.45, 2.75) is 105 Å². The third-order valence-electron chi connectivity index (χ3n) is 8.12. The van der Waals surface area contributed by atoms with E-state index in [1.165, 1.54) is 24.0 Å². The highest BCUT2D eigenvalue weighted by atomic mass is 16.5. The lowest BCUT2D eigenvalue weighted by molar-refractivity contribution is -0.149. The van der Waals surface area contributed by atoms with E-state index in [1.807, 2.05) is 6.08 Å². The van der Waals surface area contributed by atoms with Gasteiger partial charge in [-0.25, -0.2) is 0 Å². The van der Waals surface area contributed by atoms with E-state index in [2.05, 4.69) is 34.6 Å². The maximum Gasteiger partial charge on any atom is 0.305 e. The number of allylic oxidation sites excluding steroid dienone is 4. The zero-order valence-electron chi connectivity index (χ0n) is 19.9. The molecular weight excluding hydrogens is 372 g/mol. The molecule has 0 amide bonds. The number of fused-ring (bicyclic) bond motifs is 2. The molecule has 3 aliphatic rings. The van der Waals surface area contributed by atoms with Gasteiger partial charge in [-0.15, -0.1) is 0 Å². The van der Waals surface area contributed by atoms with Gasteiger partial charge in [-0.05, 0) is 67.6 Å². The minimum atomic E-state index is -0.274. The Hall–Kier alpha value is -1.38. The van der Waals surface area contributed by atoms with Crippen LogP contribution in [0.4, 0.5) is 0 Å². The van der Waals surface area contributed by atoms with Gasteiger partial charge in [0.1, 0.15) is 0 Å². The van der Waals surface area contributed by atoms with Crippen molar-refractivity contribution < 1.29 is 14.3 Å². The van der Waals surface area contributed by atoms with E-state index < -0.39 is 0 Å². The third kappa shape index (κ3) is 4.75. The molecule has 3 nitrogen and oxygen atoms in total. The van der Waals surface area contributed by atoms with Gasteiger partial charge in [0.25, 0.3) is 0 Å². The zero-order chi connectivity index (χ0) is 21.9. The lowest BCUT2D eigenvalue weighted by Crippen LogP contribution is -2.44. The van der Waals surface area contributed by atoms with Crippen LogP contribution in [0.5, 0.6) is 0 Å². The average molecular weight is 415 g/mol. The second-order valence-electron chi connectivity index (χ2n) is 10.9. The van der Waals surface area contributed by atoms with Crippen LogP contribution in [-0.2, 0) is 14.3 Å². The van der Waals surface area contributed by atoms with Crippen molar-refractivity contribution in [3.05, 3.63) is 22.8 Å². The maximum atomic E-state index is 12.5. The number of hydrogen-bond donors (Lipinski definition) is 0. The van der Waals surface area contributed by atoms with Gasteiger partial charge in [0.2, 0.25) is 0 Å². The summed E-state index contributed by atoms with van der Waals surface area (Å²) < 4.78 is 5.82. The SMILES string of the molecule is CCCCCCC(=O)OC[C@@]1(C)CCC2=C3CC(C)(C)C(=O)C=C3CC[C@H]2[C@@H]1CC. The molecule has 3 heteroatoms. The van der Waals surface area contributed by atoms with E-state index in [0.717, 1.165) is 51.4 Å². The molecule has 1 fully saturated rings. The molecule has 0 aromatic rings. The van der Waals surface area contributed by atoms with Crippen LogP contribution >= 0.6 is 0 Å². The first kappa shape index (κ1) is 23.3. The Morgan fingerprint density at radius 1 is 1.13 bits per heavy atom. The summed E-state index contributed by atoms with van der Waals surface area (Å²) in [7, 11) is 0. The van der Waals surface area contributed by atoms with Gasteiger partial charge in [-0.1, -0.05) is 65.9 Å². The topological polar surface area (TPSA) is 43.4 Å². The summed E-state index contributed by atoms with van der Waals surface area (Å²) in [6, 6.07) is 0. The molecular formula is C27H42O3.